The lowest BCUT2D eigenvalue weighted by atomic mass is 10.1. The highest BCUT2D eigenvalue weighted by Crippen LogP contribution is 2.15. The Morgan fingerprint density at radius 2 is 1.90 bits per heavy atom. The third-order valence-electron chi connectivity index (χ3n) is 3.04. The highest BCUT2D eigenvalue weighted by Gasteiger charge is 2.17. The van der Waals surface area contributed by atoms with Gasteiger partial charge in [0.05, 0.1) is 6.61 Å². The van der Waals surface area contributed by atoms with E-state index >= 15 is 0 Å². The molecule has 2 rings (SSSR count). The number of amides is 1. The summed E-state index contributed by atoms with van der Waals surface area (Å²) in [6, 6.07) is 13.1. The number of hydrogen-bond acceptors (Lipinski definition) is 3. The molecule has 0 aromatic heterocycles. The standard InChI is InChI=1S/C16H17FN2O2/c17-14-8-13(9-15(18)10-14)16(21)19(6-7-20)11-12-4-2-1-3-5-12/h1-5,8-10,20H,6-7,11,18H2. The Labute approximate surface area is 122 Å². The van der Waals surface area contributed by atoms with Gasteiger partial charge in [-0.05, 0) is 23.8 Å². The van der Waals surface area contributed by atoms with Crippen LogP contribution in [0.25, 0.3) is 0 Å². The van der Waals surface area contributed by atoms with Crippen molar-refractivity contribution in [3.05, 3.63) is 65.5 Å². The van der Waals surface area contributed by atoms with Crippen LogP contribution in [0, 0.1) is 5.82 Å². The summed E-state index contributed by atoms with van der Waals surface area (Å²) in [7, 11) is 0. The Bertz CT molecular complexity index is 597. The van der Waals surface area contributed by atoms with Gasteiger partial charge in [-0.15, -0.1) is 0 Å². The minimum atomic E-state index is -0.554. The van der Waals surface area contributed by atoms with Crippen molar-refractivity contribution in [2.24, 2.45) is 0 Å². The van der Waals surface area contributed by atoms with E-state index in [9.17, 15) is 9.18 Å². The number of nitrogen functional groups attached to an aromatic ring is 1. The first-order chi connectivity index (χ1) is 10.1. The molecule has 2 aromatic carbocycles. The molecule has 0 radical (unpaired) electrons. The third-order valence-corrected chi connectivity index (χ3v) is 3.04. The average molecular weight is 288 g/mol. The van der Waals surface area contributed by atoms with Crippen LogP contribution in [0.2, 0.25) is 0 Å². The summed E-state index contributed by atoms with van der Waals surface area (Å²) in [6.07, 6.45) is 0. The van der Waals surface area contributed by atoms with Gasteiger partial charge in [-0.1, -0.05) is 30.3 Å². The van der Waals surface area contributed by atoms with Crippen LogP contribution in [0.3, 0.4) is 0 Å². The van der Waals surface area contributed by atoms with Crippen molar-refractivity contribution in [1.29, 1.82) is 0 Å². The van der Waals surface area contributed by atoms with E-state index < -0.39 is 5.82 Å². The van der Waals surface area contributed by atoms with Gasteiger partial charge < -0.3 is 15.7 Å². The van der Waals surface area contributed by atoms with Crippen molar-refractivity contribution in [1.82, 2.24) is 4.90 Å². The molecule has 0 heterocycles. The number of anilines is 1. The van der Waals surface area contributed by atoms with Crippen LogP contribution < -0.4 is 5.73 Å². The maximum atomic E-state index is 13.4. The van der Waals surface area contributed by atoms with E-state index in [1.807, 2.05) is 30.3 Å². The van der Waals surface area contributed by atoms with Crippen LogP contribution in [0.1, 0.15) is 15.9 Å². The van der Waals surface area contributed by atoms with Gasteiger partial charge in [0.15, 0.2) is 0 Å². The lowest BCUT2D eigenvalue weighted by molar-refractivity contribution is 0.0707. The number of halogens is 1. The maximum Gasteiger partial charge on any atom is 0.254 e. The molecule has 21 heavy (non-hydrogen) atoms. The summed E-state index contributed by atoms with van der Waals surface area (Å²) in [5, 5.41) is 9.13. The number of nitrogens with two attached hydrogens (primary N) is 1. The normalized spacial score (nSPS) is 10.4. The van der Waals surface area contributed by atoms with E-state index in [4.69, 9.17) is 10.8 Å². The Kier molecular flexibility index (Phi) is 4.90. The first-order valence-electron chi connectivity index (χ1n) is 6.60. The SMILES string of the molecule is Nc1cc(F)cc(C(=O)N(CCO)Cc2ccccc2)c1. The lowest BCUT2D eigenvalue weighted by Crippen LogP contribution is -2.33. The summed E-state index contributed by atoms with van der Waals surface area (Å²) in [6.45, 7) is 0.351. The van der Waals surface area contributed by atoms with Gasteiger partial charge in [0.25, 0.3) is 5.91 Å². The van der Waals surface area contributed by atoms with Gasteiger partial charge in [-0.3, -0.25) is 4.79 Å². The molecule has 0 fully saturated rings. The summed E-state index contributed by atoms with van der Waals surface area (Å²) in [5.74, 6) is -0.916. The number of rotatable bonds is 5. The van der Waals surface area contributed by atoms with Crippen molar-refractivity contribution in [3.8, 4) is 0 Å². The molecular weight excluding hydrogens is 271 g/mol. The van der Waals surface area contributed by atoms with E-state index in [1.54, 1.807) is 0 Å². The summed E-state index contributed by atoms with van der Waals surface area (Å²) >= 11 is 0. The largest absolute Gasteiger partial charge is 0.399 e. The smallest absolute Gasteiger partial charge is 0.254 e. The molecule has 2 aromatic rings. The Morgan fingerprint density at radius 3 is 2.52 bits per heavy atom. The minimum absolute atomic E-state index is 0.163. The number of benzene rings is 2. The molecule has 0 unspecified atom stereocenters. The summed E-state index contributed by atoms with van der Waals surface area (Å²) < 4.78 is 13.4. The van der Waals surface area contributed by atoms with Crippen molar-refractivity contribution < 1.29 is 14.3 Å². The molecular formula is C16H17FN2O2. The van der Waals surface area contributed by atoms with E-state index in [0.717, 1.165) is 17.7 Å². The van der Waals surface area contributed by atoms with Crippen molar-refractivity contribution in [3.63, 3.8) is 0 Å². The zero-order valence-electron chi connectivity index (χ0n) is 11.5. The zero-order valence-corrected chi connectivity index (χ0v) is 11.5. The minimum Gasteiger partial charge on any atom is -0.399 e. The van der Waals surface area contributed by atoms with Gasteiger partial charge in [-0.2, -0.15) is 0 Å². The number of nitrogens with zero attached hydrogens (tertiary/aromatic N) is 1. The second-order valence-electron chi connectivity index (χ2n) is 4.71. The Balaban J connectivity index is 2.22. The molecule has 0 bridgehead atoms. The highest BCUT2D eigenvalue weighted by atomic mass is 19.1. The molecule has 4 nitrogen and oxygen atoms in total. The molecule has 5 heteroatoms. The predicted molar refractivity (Wildman–Crippen MR) is 79.1 cm³/mol. The second-order valence-corrected chi connectivity index (χ2v) is 4.71. The molecule has 0 saturated carbocycles. The topological polar surface area (TPSA) is 66.6 Å². The Hall–Kier alpha value is -2.40. The van der Waals surface area contributed by atoms with Crippen LogP contribution in [0.15, 0.2) is 48.5 Å². The number of carbonyl (C=O) groups is 1. The van der Waals surface area contributed by atoms with E-state index in [0.29, 0.717) is 6.54 Å². The molecule has 110 valence electrons. The third kappa shape index (κ3) is 4.03. The van der Waals surface area contributed by atoms with Crippen molar-refractivity contribution in [2.45, 2.75) is 6.54 Å². The van der Waals surface area contributed by atoms with Crippen LogP contribution in [0.5, 0.6) is 0 Å². The predicted octanol–water partition coefficient (Wildman–Crippen LogP) is 2.04. The fourth-order valence-electron chi connectivity index (χ4n) is 2.10. The first kappa shape index (κ1) is 15.0. The molecule has 0 aliphatic rings. The fourth-order valence-corrected chi connectivity index (χ4v) is 2.10. The van der Waals surface area contributed by atoms with Gasteiger partial charge in [-0.25, -0.2) is 4.39 Å². The van der Waals surface area contributed by atoms with E-state index in [2.05, 4.69) is 0 Å². The van der Waals surface area contributed by atoms with Gasteiger partial charge >= 0.3 is 0 Å². The molecule has 0 spiro atoms. The molecule has 0 aliphatic heterocycles. The second kappa shape index (κ2) is 6.85. The van der Waals surface area contributed by atoms with Crippen LogP contribution in [-0.2, 0) is 6.54 Å². The quantitative estimate of drug-likeness (QED) is 0.827. The number of aliphatic hydroxyl groups excluding tert-OH is 1. The molecule has 0 atom stereocenters. The fraction of sp³-hybridized carbons (Fsp3) is 0.188. The monoisotopic (exact) mass is 288 g/mol. The van der Waals surface area contributed by atoms with E-state index in [1.165, 1.54) is 11.0 Å². The van der Waals surface area contributed by atoms with Gasteiger partial charge in [0.1, 0.15) is 5.82 Å². The summed E-state index contributed by atoms with van der Waals surface area (Å²) in [4.78, 5) is 13.9. The molecule has 1 amide bonds. The summed E-state index contributed by atoms with van der Waals surface area (Å²) in [5.41, 5.74) is 6.87. The van der Waals surface area contributed by atoms with Gasteiger partial charge in [0, 0.05) is 24.3 Å². The van der Waals surface area contributed by atoms with Crippen LogP contribution in [0.4, 0.5) is 10.1 Å². The lowest BCUT2D eigenvalue weighted by Gasteiger charge is -2.22. The molecule has 0 aliphatic carbocycles. The Morgan fingerprint density at radius 1 is 1.19 bits per heavy atom. The zero-order chi connectivity index (χ0) is 15.2. The van der Waals surface area contributed by atoms with Crippen molar-refractivity contribution >= 4 is 11.6 Å². The molecule has 3 N–H and O–H groups in total. The first-order valence-corrected chi connectivity index (χ1v) is 6.60. The highest BCUT2D eigenvalue weighted by molar-refractivity contribution is 5.95. The van der Waals surface area contributed by atoms with E-state index in [-0.39, 0.29) is 30.3 Å². The van der Waals surface area contributed by atoms with Crippen molar-refractivity contribution in [2.75, 3.05) is 18.9 Å². The van der Waals surface area contributed by atoms with Crippen LogP contribution >= 0.6 is 0 Å². The van der Waals surface area contributed by atoms with Crippen LogP contribution in [-0.4, -0.2) is 29.1 Å². The molecule has 0 saturated heterocycles. The number of carbonyl (C=O) groups excluding carboxylic acids is 1. The number of hydrogen-bond donors (Lipinski definition) is 2. The average Bonchev–Trinajstić information content (AvgIpc) is 2.46. The maximum absolute atomic E-state index is 13.4. The van der Waals surface area contributed by atoms with Gasteiger partial charge in [0.2, 0.25) is 0 Å². The number of aliphatic hydroxyl groups is 1.